The van der Waals surface area contributed by atoms with Gasteiger partial charge in [-0.3, -0.25) is 0 Å². The molecule has 1 aromatic heterocycles. The number of hydrogen-bond donors (Lipinski definition) is 2. The summed E-state index contributed by atoms with van der Waals surface area (Å²) in [6, 6.07) is 9.19. The molecule has 2 N–H and O–H groups in total. The van der Waals surface area contributed by atoms with E-state index in [2.05, 4.69) is 5.32 Å². The number of thiophene rings is 1. The second-order valence-corrected chi connectivity index (χ2v) is 5.14. The minimum atomic E-state index is -0.535. The molecule has 2 aromatic rings. The van der Waals surface area contributed by atoms with E-state index in [1.54, 1.807) is 19.2 Å². The van der Waals surface area contributed by atoms with E-state index in [-0.39, 0.29) is 0 Å². The number of halogens is 1. The molecule has 0 aliphatic carbocycles. The van der Waals surface area contributed by atoms with Gasteiger partial charge in [0.1, 0.15) is 11.9 Å². The third-order valence-corrected chi connectivity index (χ3v) is 3.83. The Labute approximate surface area is 115 Å². The van der Waals surface area contributed by atoms with Crippen LogP contribution in [0.3, 0.4) is 0 Å². The van der Waals surface area contributed by atoms with Gasteiger partial charge in [-0.2, -0.15) is 0 Å². The fourth-order valence-electron chi connectivity index (χ4n) is 1.55. The Morgan fingerprint density at radius 1 is 1.44 bits per heavy atom. The first-order valence-electron chi connectivity index (χ1n) is 5.49. The van der Waals surface area contributed by atoms with Crippen LogP contribution in [0.5, 0.6) is 5.75 Å². The largest absolute Gasteiger partial charge is 0.497 e. The lowest BCUT2D eigenvalue weighted by Crippen LogP contribution is -2.11. The first-order valence-corrected chi connectivity index (χ1v) is 6.75. The van der Waals surface area contributed by atoms with E-state index in [1.165, 1.54) is 11.3 Å². The monoisotopic (exact) mass is 283 g/mol. The number of rotatable bonds is 5. The molecule has 1 heterocycles. The van der Waals surface area contributed by atoms with Crippen LogP contribution >= 0.6 is 22.9 Å². The summed E-state index contributed by atoms with van der Waals surface area (Å²) in [5.74, 6) is 0.729. The summed E-state index contributed by atoms with van der Waals surface area (Å²) in [6.45, 7) is 0.410. The predicted octanol–water partition coefficient (Wildman–Crippen LogP) is 3.56. The maximum Gasteiger partial charge on any atom is 0.121 e. The normalized spacial score (nSPS) is 12.2. The van der Waals surface area contributed by atoms with Crippen LogP contribution in [0.25, 0.3) is 0 Å². The summed E-state index contributed by atoms with van der Waals surface area (Å²) in [5, 5.41) is 15.6. The average Bonchev–Trinajstić information content (AvgIpc) is 2.91. The van der Waals surface area contributed by atoms with Gasteiger partial charge in [-0.15, -0.1) is 11.3 Å². The summed E-state index contributed by atoms with van der Waals surface area (Å²) in [5.41, 5.74) is 0.756. The zero-order valence-electron chi connectivity index (χ0n) is 9.89. The SMILES string of the molecule is COc1ccc(Cl)c(NCC(O)c2cccs2)c1. The van der Waals surface area contributed by atoms with Gasteiger partial charge in [0, 0.05) is 17.5 Å². The Hall–Kier alpha value is -1.23. The Bertz CT molecular complexity index is 502. The molecule has 3 nitrogen and oxygen atoms in total. The first-order chi connectivity index (χ1) is 8.70. The van der Waals surface area contributed by atoms with Crippen LogP contribution in [0.15, 0.2) is 35.7 Å². The van der Waals surface area contributed by atoms with E-state index in [0.29, 0.717) is 11.6 Å². The lowest BCUT2D eigenvalue weighted by molar-refractivity contribution is 0.195. The summed E-state index contributed by atoms with van der Waals surface area (Å²) < 4.78 is 5.13. The van der Waals surface area contributed by atoms with Crippen LogP contribution in [0.2, 0.25) is 5.02 Å². The molecule has 96 valence electrons. The van der Waals surface area contributed by atoms with Gasteiger partial charge in [-0.05, 0) is 23.6 Å². The van der Waals surface area contributed by atoms with Crippen LogP contribution in [-0.2, 0) is 0 Å². The van der Waals surface area contributed by atoms with Gasteiger partial charge < -0.3 is 15.2 Å². The smallest absolute Gasteiger partial charge is 0.121 e. The van der Waals surface area contributed by atoms with Crippen molar-refractivity contribution in [3.8, 4) is 5.75 Å². The molecule has 1 unspecified atom stereocenters. The quantitative estimate of drug-likeness (QED) is 0.882. The molecular formula is C13H14ClNO2S. The number of anilines is 1. The summed E-state index contributed by atoms with van der Waals surface area (Å²) in [6.07, 6.45) is -0.535. The van der Waals surface area contributed by atoms with E-state index in [0.717, 1.165) is 16.3 Å². The number of aliphatic hydroxyl groups is 1. The number of methoxy groups -OCH3 is 1. The fraction of sp³-hybridized carbons (Fsp3) is 0.231. The lowest BCUT2D eigenvalue weighted by Gasteiger charge is -2.13. The van der Waals surface area contributed by atoms with Crippen molar-refractivity contribution in [1.82, 2.24) is 0 Å². The second kappa shape index (κ2) is 6.09. The molecule has 0 radical (unpaired) electrons. The lowest BCUT2D eigenvalue weighted by atomic mass is 10.2. The zero-order valence-corrected chi connectivity index (χ0v) is 11.5. The highest BCUT2D eigenvalue weighted by Gasteiger charge is 2.09. The minimum Gasteiger partial charge on any atom is -0.497 e. The number of hydrogen-bond acceptors (Lipinski definition) is 4. The topological polar surface area (TPSA) is 41.5 Å². The van der Waals surface area contributed by atoms with Gasteiger partial charge in [0.25, 0.3) is 0 Å². The van der Waals surface area contributed by atoms with Crippen molar-refractivity contribution in [3.05, 3.63) is 45.6 Å². The fourth-order valence-corrected chi connectivity index (χ4v) is 2.45. The van der Waals surface area contributed by atoms with Crippen LogP contribution in [-0.4, -0.2) is 18.8 Å². The van der Waals surface area contributed by atoms with Crippen molar-refractivity contribution in [2.45, 2.75) is 6.10 Å². The molecule has 1 aromatic carbocycles. The van der Waals surface area contributed by atoms with E-state index >= 15 is 0 Å². The molecule has 0 saturated heterocycles. The molecule has 5 heteroatoms. The van der Waals surface area contributed by atoms with Crippen molar-refractivity contribution in [2.75, 3.05) is 19.0 Å². The van der Waals surface area contributed by atoms with Gasteiger partial charge in [0.15, 0.2) is 0 Å². The van der Waals surface area contributed by atoms with Crippen LogP contribution in [0.4, 0.5) is 5.69 Å². The third kappa shape index (κ3) is 3.16. The number of benzene rings is 1. The maximum atomic E-state index is 9.96. The summed E-state index contributed by atoms with van der Waals surface area (Å²) in [7, 11) is 1.60. The van der Waals surface area contributed by atoms with E-state index in [4.69, 9.17) is 16.3 Å². The van der Waals surface area contributed by atoms with Crippen molar-refractivity contribution in [3.63, 3.8) is 0 Å². The first kappa shape index (κ1) is 13.2. The van der Waals surface area contributed by atoms with Crippen molar-refractivity contribution in [1.29, 1.82) is 0 Å². The molecule has 0 amide bonds. The van der Waals surface area contributed by atoms with Gasteiger partial charge in [0.05, 0.1) is 17.8 Å². The van der Waals surface area contributed by atoms with Crippen molar-refractivity contribution in [2.24, 2.45) is 0 Å². The number of ether oxygens (including phenoxy) is 1. The van der Waals surface area contributed by atoms with Crippen molar-refractivity contribution >= 4 is 28.6 Å². The Balaban J connectivity index is 2.01. The van der Waals surface area contributed by atoms with Crippen LogP contribution in [0, 0.1) is 0 Å². The van der Waals surface area contributed by atoms with E-state index in [9.17, 15) is 5.11 Å². The molecule has 0 aliphatic heterocycles. The summed E-state index contributed by atoms with van der Waals surface area (Å²) >= 11 is 7.59. The van der Waals surface area contributed by atoms with Gasteiger partial charge in [-0.1, -0.05) is 17.7 Å². The zero-order chi connectivity index (χ0) is 13.0. The predicted molar refractivity (Wildman–Crippen MR) is 75.8 cm³/mol. The van der Waals surface area contributed by atoms with E-state index in [1.807, 2.05) is 23.6 Å². The maximum absolute atomic E-state index is 9.96. The molecule has 0 bridgehead atoms. The van der Waals surface area contributed by atoms with Gasteiger partial charge in [-0.25, -0.2) is 0 Å². The molecule has 0 aliphatic rings. The Morgan fingerprint density at radius 3 is 2.94 bits per heavy atom. The minimum absolute atomic E-state index is 0.410. The van der Waals surface area contributed by atoms with Crippen molar-refractivity contribution < 1.29 is 9.84 Å². The average molecular weight is 284 g/mol. The molecule has 2 rings (SSSR count). The van der Waals surface area contributed by atoms with Crippen LogP contribution < -0.4 is 10.1 Å². The highest BCUT2D eigenvalue weighted by molar-refractivity contribution is 7.10. The number of aliphatic hydroxyl groups excluding tert-OH is 1. The number of nitrogens with one attached hydrogen (secondary N) is 1. The highest BCUT2D eigenvalue weighted by atomic mass is 35.5. The molecule has 0 saturated carbocycles. The second-order valence-electron chi connectivity index (χ2n) is 3.76. The molecule has 1 atom stereocenters. The summed E-state index contributed by atoms with van der Waals surface area (Å²) in [4.78, 5) is 0.932. The van der Waals surface area contributed by atoms with Crippen LogP contribution in [0.1, 0.15) is 11.0 Å². The highest BCUT2D eigenvalue weighted by Crippen LogP contribution is 2.27. The Morgan fingerprint density at radius 2 is 2.28 bits per heavy atom. The molecule has 0 spiro atoms. The molecule has 0 fully saturated rings. The van der Waals surface area contributed by atoms with Gasteiger partial charge >= 0.3 is 0 Å². The third-order valence-electron chi connectivity index (χ3n) is 2.53. The van der Waals surface area contributed by atoms with Gasteiger partial charge in [0.2, 0.25) is 0 Å². The molecular weight excluding hydrogens is 270 g/mol. The standard InChI is InChI=1S/C13H14ClNO2S/c1-17-9-4-5-10(14)11(7-9)15-8-12(16)13-3-2-6-18-13/h2-7,12,15-16H,8H2,1H3. The molecule has 18 heavy (non-hydrogen) atoms. The Kier molecular flexibility index (Phi) is 4.47. The van der Waals surface area contributed by atoms with E-state index < -0.39 is 6.10 Å².